The summed E-state index contributed by atoms with van der Waals surface area (Å²) in [5, 5.41) is 5.99. The van der Waals surface area contributed by atoms with Gasteiger partial charge in [0.2, 0.25) is 0 Å². The van der Waals surface area contributed by atoms with Gasteiger partial charge in [-0.25, -0.2) is 9.37 Å². The zero-order chi connectivity index (χ0) is 17.8. The van der Waals surface area contributed by atoms with E-state index >= 15 is 0 Å². The molecule has 0 aliphatic rings. The normalized spacial score (nSPS) is 10.4. The Labute approximate surface area is 145 Å². The maximum absolute atomic E-state index is 13.2. The van der Waals surface area contributed by atoms with E-state index in [1.165, 1.54) is 18.2 Å². The smallest absolute Gasteiger partial charge is 0.255 e. The summed E-state index contributed by atoms with van der Waals surface area (Å²) in [4.78, 5) is 16.4. The number of para-hydroxylation sites is 1. The van der Waals surface area contributed by atoms with E-state index in [9.17, 15) is 9.18 Å². The first kappa shape index (κ1) is 16.6. The van der Waals surface area contributed by atoms with Gasteiger partial charge >= 0.3 is 0 Å². The van der Waals surface area contributed by atoms with Crippen molar-refractivity contribution in [3.63, 3.8) is 0 Å². The molecule has 2 N–H and O–H groups in total. The van der Waals surface area contributed by atoms with Crippen molar-refractivity contribution in [3.8, 4) is 0 Å². The van der Waals surface area contributed by atoms with E-state index in [4.69, 9.17) is 0 Å². The highest BCUT2D eigenvalue weighted by Gasteiger charge is 2.08. The predicted molar refractivity (Wildman–Crippen MR) is 97.8 cm³/mol. The molecule has 0 aliphatic heterocycles. The van der Waals surface area contributed by atoms with Gasteiger partial charge in [-0.1, -0.05) is 24.3 Å². The van der Waals surface area contributed by atoms with Crippen molar-refractivity contribution in [1.82, 2.24) is 4.98 Å². The summed E-state index contributed by atoms with van der Waals surface area (Å²) in [7, 11) is 0. The van der Waals surface area contributed by atoms with E-state index < -0.39 is 5.82 Å². The molecule has 0 aliphatic carbocycles. The maximum Gasteiger partial charge on any atom is 0.255 e. The molecule has 3 aromatic rings. The molecule has 1 heterocycles. The molecular formula is C20H18FN3O. The van der Waals surface area contributed by atoms with E-state index in [0.29, 0.717) is 11.5 Å². The summed E-state index contributed by atoms with van der Waals surface area (Å²) < 4.78 is 13.2. The minimum Gasteiger partial charge on any atom is -0.340 e. The predicted octanol–water partition coefficient (Wildman–Crippen LogP) is 4.83. The molecule has 0 saturated heterocycles. The monoisotopic (exact) mass is 335 g/mol. The molecule has 1 aromatic heterocycles. The van der Waals surface area contributed by atoms with Crippen LogP contribution in [0, 0.1) is 19.7 Å². The number of anilines is 3. The summed E-state index contributed by atoms with van der Waals surface area (Å²) in [5.41, 5.74) is 4.08. The first-order valence-electron chi connectivity index (χ1n) is 7.89. The number of hydrogen-bond acceptors (Lipinski definition) is 3. The number of hydrogen-bond donors (Lipinski definition) is 2. The van der Waals surface area contributed by atoms with Gasteiger partial charge in [0.1, 0.15) is 11.6 Å². The molecule has 3 rings (SSSR count). The van der Waals surface area contributed by atoms with Crippen molar-refractivity contribution >= 4 is 23.1 Å². The number of carbonyl (C=O) groups excluding carboxylic acids is 1. The van der Waals surface area contributed by atoms with Crippen molar-refractivity contribution in [1.29, 1.82) is 0 Å². The molecule has 0 unspecified atom stereocenters. The molecule has 0 atom stereocenters. The van der Waals surface area contributed by atoms with E-state index in [1.54, 1.807) is 24.4 Å². The van der Waals surface area contributed by atoms with Crippen LogP contribution in [-0.2, 0) is 0 Å². The van der Waals surface area contributed by atoms with Gasteiger partial charge in [0, 0.05) is 11.3 Å². The van der Waals surface area contributed by atoms with Crippen LogP contribution in [0.5, 0.6) is 0 Å². The van der Waals surface area contributed by atoms with Crippen molar-refractivity contribution in [2.24, 2.45) is 0 Å². The fraction of sp³-hybridized carbons (Fsp3) is 0.100. The number of aromatic nitrogens is 1. The molecule has 25 heavy (non-hydrogen) atoms. The SMILES string of the molecule is Cc1cccc(C)c1Nc1ccc(NC(=O)c2cccc(F)c2)cn1. The second kappa shape index (κ2) is 7.13. The molecule has 0 radical (unpaired) electrons. The molecule has 0 saturated carbocycles. The summed E-state index contributed by atoms with van der Waals surface area (Å²) in [6.07, 6.45) is 1.56. The minimum absolute atomic E-state index is 0.262. The summed E-state index contributed by atoms with van der Waals surface area (Å²) >= 11 is 0. The topological polar surface area (TPSA) is 54.0 Å². The van der Waals surface area contributed by atoms with Crippen molar-refractivity contribution in [3.05, 3.63) is 83.3 Å². The Bertz CT molecular complexity index is 887. The van der Waals surface area contributed by atoms with Gasteiger partial charge in [0.05, 0.1) is 11.9 Å². The molecule has 0 spiro atoms. The lowest BCUT2D eigenvalue weighted by Gasteiger charge is -2.12. The molecule has 1 amide bonds. The average molecular weight is 335 g/mol. The number of benzene rings is 2. The second-order valence-corrected chi connectivity index (χ2v) is 5.79. The third-order valence-corrected chi connectivity index (χ3v) is 3.84. The second-order valence-electron chi connectivity index (χ2n) is 5.79. The number of rotatable bonds is 4. The van der Waals surface area contributed by atoms with Crippen LogP contribution in [0.1, 0.15) is 21.5 Å². The molecule has 0 fully saturated rings. The fourth-order valence-electron chi connectivity index (χ4n) is 2.51. The van der Waals surface area contributed by atoms with Crippen LogP contribution in [0.3, 0.4) is 0 Å². The Morgan fingerprint density at radius 3 is 2.36 bits per heavy atom. The maximum atomic E-state index is 13.2. The Kier molecular flexibility index (Phi) is 4.75. The fourth-order valence-corrected chi connectivity index (χ4v) is 2.51. The highest BCUT2D eigenvalue weighted by Crippen LogP contribution is 2.23. The molecule has 126 valence electrons. The molecule has 2 aromatic carbocycles. The van der Waals surface area contributed by atoms with Gasteiger partial charge in [-0.3, -0.25) is 4.79 Å². The van der Waals surface area contributed by atoms with E-state index in [-0.39, 0.29) is 11.5 Å². The zero-order valence-electron chi connectivity index (χ0n) is 14.0. The van der Waals surface area contributed by atoms with Crippen LogP contribution in [-0.4, -0.2) is 10.9 Å². The van der Waals surface area contributed by atoms with Crippen LogP contribution in [0.4, 0.5) is 21.6 Å². The van der Waals surface area contributed by atoms with E-state index in [0.717, 1.165) is 16.8 Å². The first-order valence-corrected chi connectivity index (χ1v) is 7.89. The number of amides is 1. The van der Waals surface area contributed by atoms with Crippen LogP contribution in [0.25, 0.3) is 0 Å². The van der Waals surface area contributed by atoms with Crippen molar-refractivity contribution in [2.75, 3.05) is 10.6 Å². The Morgan fingerprint density at radius 1 is 1.00 bits per heavy atom. The van der Waals surface area contributed by atoms with Gasteiger partial charge in [-0.15, -0.1) is 0 Å². The largest absolute Gasteiger partial charge is 0.340 e. The van der Waals surface area contributed by atoms with Gasteiger partial charge < -0.3 is 10.6 Å². The van der Waals surface area contributed by atoms with Crippen LogP contribution >= 0.6 is 0 Å². The van der Waals surface area contributed by atoms with Gasteiger partial charge in [-0.05, 0) is 55.3 Å². The van der Waals surface area contributed by atoms with Crippen LogP contribution < -0.4 is 10.6 Å². The summed E-state index contributed by atoms with van der Waals surface area (Å²) in [5.74, 6) is -0.142. The third-order valence-electron chi connectivity index (χ3n) is 3.84. The number of nitrogens with one attached hydrogen (secondary N) is 2. The molecule has 5 heteroatoms. The highest BCUT2D eigenvalue weighted by molar-refractivity contribution is 6.04. The lowest BCUT2D eigenvalue weighted by Crippen LogP contribution is -2.12. The van der Waals surface area contributed by atoms with E-state index in [2.05, 4.69) is 15.6 Å². The summed E-state index contributed by atoms with van der Waals surface area (Å²) in [6, 6.07) is 15.2. The molecule has 4 nitrogen and oxygen atoms in total. The Balaban J connectivity index is 1.71. The zero-order valence-corrected chi connectivity index (χ0v) is 14.0. The summed E-state index contributed by atoms with van der Waals surface area (Å²) in [6.45, 7) is 4.06. The van der Waals surface area contributed by atoms with E-state index in [1.807, 2.05) is 32.0 Å². The van der Waals surface area contributed by atoms with Gasteiger partial charge in [0.25, 0.3) is 5.91 Å². The minimum atomic E-state index is -0.445. The number of pyridine rings is 1. The number of carbonyl (C=O) groups is 1. The number of halogens is 1. The van der Waals surface area contributed by atoms with Crippen molar-refractivity contribution < 1.29 is 9.18 Å². The average Bonchev–Trinajstić information content (AvgIpc) is 2.60. The first-order chi connectivity index (χ1) is 12.0. The quantitative estimate of drug-likeness (QED) is 0.718. The molecular weight excluding hydrogens is 317 g/mol. The number of aryl methyl sites for hydroxylation is 2. The lowest BCUT2D eigenvalue weighted by atomic mass is 10.1. The Morgan fingerprint density at radius 2 is 1.72 bits per heavy atom. The van der Waals surface area contributed by atoms with Gasteiger partial charge in [0.15, 0.2) is 0 Å². The highest BCUT2D eigenvalue weighted by atomic mass is 19.1. The third kappa shape index (κ3) is 4.01. The Hall–Kier alpha value is -3.21. The molecule has 0 bridgehead atoms. The lowest BCUT2D eigenvalue weighted by molar-refractivity contribution is 0.102. The number of nitrogens with zero attached hydrogens (tertiary/aromatic N) is 1. The van der Waals surface area contributed by atoms with Crippen LogP contribution in [0.15, 0.2) is 60.8 Å². The van der Waals surface area contributed by atoms with Gasteiger partial charge in [-0.2, -0.15) is 0 Å². The van der Waals surface area contributed by atoms with Crippen molar-refractivity contribution in [2.45, 2.75) is 13.8 Å². The van der Waals surface area contributed by atoms with Crippen LogP contribution in [0.2, 0.25) is 0 Å². The standard InChI is InChI=1S/C20H18FN3O/c1-13-5-3-6-14(2)19(13)24-18-10-9-17(12-22-18)23-20(25)15-7-4-8-16(21)11-15/h3-12H,1-2H3,(H,22,24)(H,23,25).